The number of aliphatic carboxylic acids is 1. The molecule has 30 heavy (non-hydrogen) atoms. The molecule has 0 aromatic carbocycles. The van der Waals surface area contributed by atoms with Gasteiger partial charge >= 0.3 is 12.1 Å². The van der Waals surface area contributed by atoms with Crippen molar-refractivity contribution in [1.29, 1.82) is 0 Å². The van der Waals surface area contributed by atoms with E-state index in [4.69, 9.17) is 9.90 Å². The van der Waals surface area contributed by atoms with E-state index in [1.54, 1.807) is 0 Å². The van der Waals surface area contributed by atoms with Gasteiger partial charge in [-0.15, -0.1) is 0 Å². The third kappa shape index (κ3) is 6.59. The highest BCUT2D eigenvalue weighted by molar-refractivity contribution is 5.79. The third-order valence-electron chi connectivity index (χ3n) is 7.25. The van der Waals surface area contributed by atoms with Gasteiger partial charge in [-0.1, -0.05) is 26.2 Å². The first-order valence-electron chi connectivity index (χ1n) is 11.4. The molecule has 1 N–H and O–H groups in total. The maximum Gasteiger partial charge on any atom is 0.490 e. The normalized spacial score (nSPS) is 27.5. The quantitative estimate of drug-likeness (QED) is 0.687. The molecule has 5 nitrogen and oxygen atoms in total. The molecule has 2 heterocycles. The molecule has 1 spiro atoms. The lowest BCUT2D eigenvalue weighted by Crippen LogP contribution is -2.48. The van der Waals surface area contributed by atoms with E-state index < -0.39 is 12.1 Å². The summed E-state index contributed by atoms with van der Waals surface area (Å²) in [7, 11) is 0. The molecule has 3 fully saturated rings. The Morgan fingerprint density at radius 1 is 1.13 bits per heavy atom. The summed E-state index contributed by atoms with van der Waals surface area (Å²) < 4.78 is 31.7. The van der Waals surface area contributed by atoms with E-state index >= 15 is 0 Å². The number of hydrogen-bond acceptors (Lipinski definition) is 3. The Labute approximate surface area is 178 Å². The van der Waals surface area contributed by atoms with Crippen molar-refractivity contribution in [2.75, 3.05) is 19.6 Å². The first kappa shape index (κ1) is 25.0. The number of halogens is 3. The van der Waals surface area contributed by atoms with E-state index in [0.29, 0.717) is 11.9 Å². The van der Waals surface area contributed by atoms with Crippen molar-refractivity contribution in [3.63, 3.8) is 0 Å². The van der Waals surface area contributed by atoms with E-state index in [1.165, 1.54) is 70.9 Å². The largest absolute Gasteiger partial charge is 0.490 e. The van der Waals surface area contributed by atoms with Gasteiger partial charge in [0.25, 0.3) is 0 Å². The van der Waals surface area contributed by atoms with Crippen molar-refractivity contribution in [2.45, 2.75) is 102 Å². The summed E-state index contributed by atoms with van der Waals surface area (Å²) in [4.78, 5) is 26.5. The summed E-state index contributed by atoms with van der Waals surface area (Å²) in [5.41, 5.74) is 0.205. The molecule has 1 saturated carbocycles. The number of carboxylic acid groups (broad SMARTS) is 1. The van der Waals surface area contributed by atoms with Crippen LogP contribution in [0.5, 0.6) is 0 Å². The smallest absolute Gasteiger partial charge is 0.475 e. The van der Waals surface area contributed by atoms with E-state index in [9.17, 15) is 18.0 Å². The molecule has 1 amide bonds. The number of amides is 1. The molecule has 2 aliphatic heterocycles. The molecule has 8 heteroatoms. The van der Waals surface area contributed by atoms with Gasteiger partial charge in [0.05, 0.1) is 0 Å². The van der Waals surface area contributed by atoms with E-state index in [2.05, 4.69) is 23.6 Å². The Hall–Kier alpha value is -1.31. The second kappa shape index (κ2) is 10.8. The van der Waals surface area contributed by atoms with Crippen molar-refractivity contribution in [3.05, 3.63) is 0 Å². The minimum atomic E-state index is -5.08. The lowest BCUT2D eigenvalue weighted by molar-refractivity contribution is -0.192. The Balaban J connectivity index is 0.000000396. The van der Waals surface area contributed by atoms with Gasteiger partial charge in [0.1, 0.15) is 0 Å². The summed E-state index contributed by atoms with van der Waals surface area (Å²) in [5, 5.41) is 7.12. The topological polar surface area (TPSA) is 60.9 Å². The third-order valence-corrected chi connectivity index (χ3v) is 7.25. The standard InChI is InChI=1S/C20H36N2O.C2HF3O2/c1-3-17(2)21-14-7-11-20(13-15-21)12-10-19(23)22(20)16-18-8-5-4-6-9-18;3-2(4,5)1(6)7/h17-18H,3-16H2,1-2H3;(H,6,7). The number of carbonyl (C=O) groups excluding carboxylic acids is 1. The Kier molecular flexibility index (Phi) is 9.00. The molecule has 0 aromatic rings. The molecule has 2 saturated heterocycles. The van der Waals surface area contributed by atoms with Crippen LogP contribution in [0.4, 0.5) is 13.2 Å². The second-order valence-corrected chi connectivity index (χ2v) is 9.18. The Bertz CT molecular complexity index is 578. The summed E-state index contributed by atoms with van der Waals surface area (Å²) >= 11 is 0. The molecule has 2 unspecified atom stereocenters. The molecule has 0 bridgehead atoms. The van der Waals surface area contributed by atoms with E-state index in [-0.39, 0.29) is 5.54 Å². The Morgan fingerprint density at radius 2 is 1.77 bits per heavy atom. The van der Waals surface area contributed by atoms with Gasteiger partial charge in [0.15, 0.2) is 0 Å². The minimum absolute atomic E-state index is 0.205. The first-order chi connectivity index (χ1) is 14.1. The van der Waals surface area contributed by atoms with Crippen LogP contribution >= 0.6 is 0 Å². The number of carbonyl (C=O) groups is 2. The molecule has 0 aromatic heterocycles. The zero-order valence-electron chi connectivity index (χ0n) is 18.3. The summed E-state index contributed by atoms with van der Waals surface area (Å²) in [5.74, 6) is -1.53. The zero-order chi connectivity index (χ0) is 22.4. The van der Waals surface area contributed by atoms with Gasteiger partial charge in [-0.2, -0.15) is 13.2 Å². The van der Waals surface area contributed by atoms with Crippen LogP contribution in [0.2, 0.25) is 0 Å². The molecule has 1 aliphatic carbocycles. The van der Waals surface area contributed by atoms with Crippen LogP contribution in [0.1, 0.15) is 84.5 Å². The number of likely N-dealkylation sites (tertiary alicyclic amines) is 2. The maximum atomic E-state index is 12.6. The lowest BCUT2D eigenvalue weighted by Gasteiger charge is -2.41. The monoisotopic (exact) mass is 434 g/mol. The van der Waals surface area contributed by atoms with Crippen LogP contribution in [-0.4, -0.2) is 64.2 Å². The van der Waals surface area contributed by atoms with Crippen molar-refractivity contribution in [1.82, 2.24) is 9.80 Å². The zero-order valence-corrected chi connectivity index (χ0v) is 18.3. The summed E-state index contributed by atoms with van der Waals surface area (Å²) in [6.45, 7) is 8.12. The van der Waals surface area contributed by atoms with Crippen LogP contribution in [0.3, 0.4) is 0 Å². The van der Waals surface area contributed by atoms with Gasteiger partial charge in [-0.05, 0) is 64.3 Å². The fourth-order valence-corrected chi connectivity index (χ4v) is 5.22. The minimum Gasteiger partial charge on any atom is -0.475 e. The lowest BCUT2D eigenvalue weighted by atomic mass is 9.84. The fraction of sp³-hybridized carbons (Fsp3) is 0.909. The molecule has 3 rings (SSSR count). The SMILES string of the molecule is CCC(C)N1CCCC2(CCC(=O)N2CC2CCCCC2)CC1.O=C(O)C(F)(F)F. The number of carboxylic acids is 1. The van der Waals surface area contributed by atoms with Crippen molar-refractivity contribution < 1.29 is 27.9 Å². The van der Waals surface area contributed by atoms with Crippen LogP contribution < -0.4 is 0 Å². The molecule has 0 radical (unpaired) electrons. The van der Waals surface area contributed by atoms with Crippen molar-refractivity contribution in [3.8, 4) is 0 Å². The van der Waals surface area contributed by atoms with Gasteiger partial charge in [0, 0.05) is 31.1 Å². The van der Waals surface area contributed by atoms with Crippen molar-refractivity contribution >= 4 is 11.9 Å². The highest BCUT2D eigenvalue weighted by atomic mass is 19.4. The van der Waals surface area contributed by atoms with Gasteiger partial charge in [0.2, 0.25) is 5.91 Å². The van der Waals surface area contributed by atoms with Gasteiger partial charge in [-0.25, -0.2) is 4.79 Å². The number of rotatable bonds is 4. The molecular formula is C22H37F3N2O3. The van der Waals surface area contributed by atoms with Crippen LogP contribution in [0.15, 0.2) is 0 Å². The van der Waals surface area contributed by atoms with Gasteiger partial charge in [-0.3, -0.25) is 4.79 Å². The number of alkyl halides is 3. The van der Waals surface area contributed by atoms with E-state index in [0.717, 1.165) is 25.3 Å². The first-order valence-corrected chi connectivity index (χ1v) is 11.4. The molecule has 174 valence electrons. The number of nitrogens with zero attached hydrogens (tertiary/aromatic N) is 2. The number of hydrogen-bond donors (Lipinski definition) is 1. The predicted molar refractivity (Wildman–Crippen MR) is 109 cm³/mol. The average molecular weight is 435 g/mol. The molecular weight excluding hydrogens is 397 g/mol. The van der Waals surface area contributed by atoms with Crippen LogP contribution in [0, 0.1) is 5.92 Å². The fourth-order valence-electron chi connectivity index (χ4n) is 5.22. The molecule has 3 aliphatic rings. The van der Waals surface area contributed by atoms with Gasteiger partial charge < -0.3 is 14.9 Å². The van der Waals surface area contributed by atoms with Crippen LogP contribution in [0.25, 0.3) is 0 Å². The maximum absolute atomic E-state index is 12.6. The molecule has 2 atom stereocenters. The highest BCUT2D eigenvalue weighted by Crippen LogP contribution is 2.41. The predicted octanol–water partition coefficient (Wildman–Crippen LogP) is 4.85. The van der Waals surface area contributed by atoms with E-state index in [1.807, 2.05) is 0 Å². The highest BCUT2D eigenvalue weighted by Gasteiger charge is 2.46. The summed E-state index contributed by atoms with van der Waals surface area (Å²) in [6.07, 6.45) is 8.62. The summed E-state index contributed by atoms with van der Waals surface area (Å²) in [6, 6.07) is 0.689. The second-order valence-electron chi connectivity index (χ2n) is 9.18. The van der Waals surface area contributed by atoms with Crippen LogP contribution in [-0.2, 0) is 9.59 Å². The van der Waals surface area contributed by atoms with Crippen molar-refractivity contribution in [2.24, 2.45) is 5.92 Å². The Morgan fingerprint density at radius 3 is 2.33 bits per heavy atom. The average Bonchev–Trinajstić information content (AvgIpc) is 2.88.